The fourth-order valence-corrected chi connectivity index (χ4v) is 3.00. The minimum absolute atomic E-state index is 0.162. The van der Waals surface area contributed by atoms with E-state index in [-0.39, 0.29) is 5.91 Å². The summed E-state index contributed by atoms with van der Waals surface area (Å²) in [6.07, 6.45) is 5.23. The van der Waals surface area contributed by atoms with Crippen LogP contribution in [0.4, 0.5) is 0 Å². The highest BCUT2D eigenvalue weighted by molar-refractivity contribution is 6.24. The first kappa shape index (κ1) is 18.4. The summed E-state index contributed by atoms with van der Waals surface area (Å²) in [5.74, 6) is 1.30. The van der Waals surface area contributed by atoms with Crippen LogP contribution >= 0.6 is 0 Å². The number of amides is 1. The minimum Gasteiger partial charge on any atom is -0.486 e. The molecular weight excluding hydrogens is 364 g/mol. The number of nitrogens with one attached hydrogen (secondary N) is 2. The number of H-pyrrole nitrogens is 1. The summed E-state index contributed by atoms with van der Waals surface area (Å²) in [5.41, 5.74) is 4.11. The lowest BCUT2D eigenvalue weighted by molar-refractivity contribution is -0.115. The van der Waals surface area contributed by atoms with Crippen LogP contribution < -0.4 is 10.1 Å². The number of ether oxygens (including phenoxy) is 1. The van der Waals surface area contributed by atoms with E-state index in [1.807, 2.05) is 66.7 Å². The van der Waals surface area contributed by atoms with Gasteiger partial charge in [-0.15, -0.1) is 0 Å². The zero-order chi connectivity index (χ0) is 20.1. The number of likely N-dealkylation sites (N-methyl/N-ethyl adjacent to an activating group) is 1. The smallest absolute Gasteiger partial charge is 0.251 e. The van der Waals surface area contributed by atoms with Gasteiger partial charge in [-0.1, -0.05) is 30.3 Å². The standard InChI is InChI=1S/C23H20N4O2/c1-24-23(28)19(13-16-5-4-12-25-14-16)17-8-10-18(11-9-17)29-15-22-26-20-6-2-3-7-21(20)27-22/h2-14H,15H2,1H3,(H,24,28)(H,26,27). The van der Waals surface area contributed by atoms with Gasteiger partial charge in [-0.2, -0.15) is 0 Å². The number of hydrogen-bond donors (Lipinski definition) is 2. The van der Waals surface area contributed by atoms with E-state index in [1.54, 1.807) is 19.4 Å². The van der Waals surface area contributed by atoms with E-state index in [0.717, 1.165) is 28.0 Å². The number of para-hydroxylation sites is 2. The van der Waals surface area contributed by atoms with Crippen molar-refractivity contribution in [1.29, 1.82) is 0 Å². The monoisotopic (exact) mass is 384 g/mol. The number of nitrogens with zero attached hydrogens (tertiary/aromatic N) is 2. The van der Waals surface area contributed by atoms with Gasteiger partial charge in [0.1, 0.15) is 18.2 Å². The molecule has 0 radical (unpaired) electrons. The predicted molar refractivity (Wildman–Crippen MR) is 113 cm³/mol. The van der Waals surface area contributed by atoms with Gasteiger partial charge in [-0.3, -0.25) is 9.78 Å². The maximum Gasteiger partial charge on any atom is 0.251 e. The Morgan fingerprint density at radius 1 is 1.10 bits per heavy atom. The maximum absolute atomic E-state index is 12.4. The van der Waals surface area contributed by atoms with E-state index in [0.29, 0.717) is 17.9 Å². The lowest BCUT2D eigenvalue weighted by atomic mass is 10.0. The SMILES string of the molecule is CNC(=O)C(=Cc1cccnc1)c1ccc(OCc2nc3ccccc3[nH]2)cc1. The number of fused-ring (bicyclic) bond motifs is 1. The maximum atomic E-state index is 12.4. The molecular formula is C23H20N4O2. The molecule has 2 aromatic carbocycles. The van der Waals surface area contributed by atoms with Crippen LogP contribution in [0.2, 0.25) is 0 Å². The molecule has 0 spiro atoms. The van der Waals surface area contributed by atoms with Gasteiger partial charge in [-0.25, -0.2) is 4.98 Å². The van der Waals surface area contributed by atoms with Crippen molar-refractivity contribution < 1.29 is 9.53 Å². The molecule has 6 heteroatoms. The Hall–Kier alpha value is -3.93. The largest absolute Gasteiger partial charge is 0.486 e. The number of aromatic amines is 1. The first-order valence-electron chi connectivity index (χ1n) is 9.23. The van der Waals surface area contributed by atoms with Gasteiger partial charge in [-0.05, 0) is 47.5 Å². The van der Waals surface area contributed by atoms with E-state index in [1.165, 1.54) is 0 Å². The summed E-state index contributed by atoms with van der Waals surface area (Å²) < 4.78 is 5.84. The number of imidazole rings is 1. The third-order valence-corrected chi connectivity index (χ3v) is 4.45. The van der Waals surface area contributed by atoms with Crippen LogP contribution in [0.5, 0.6) is 5.75 Å². The molecule has 6 nitrogen and oxygen atoms in total. The quantitative estimate of drug-likeness (QED) is 0.495. The normalized spacial score (nSPS) is 11.4. The number of carbonyl (C=O) groups excluding carboxylic acids is 1. The summed E-state index contributed by atoms with van der Waals surface area (Å²) in [7, 11) is 1.62. The van der Waals surface area contributed by atoms with Crippen molar-refractivity contribution >= 4 is 28.6 Å². The Morgan fingerprint density at radius 2 is 1.93 bits per heavy atom. The molecule has 2 N–H and O–H groups in total. The Labute approximate surface area is 168 Å². The summed E-state index contributed by atoms with van der Waals surface area (Å²) in [4.78, 5) is 24.2. The van der Waals surface area contributed by atoms with Crippen LogP contribution in [0.3, 0.4) is 0 Å². The lowest BCUT2D eigenvalue weighted by Gasteiger charge is -2.09. The first-order valence-corrected chi connectivity index (χ1v) is 9.23. The van der Waals surface area contributed by atoms with Gasteiger partial charge >= 0.3 is 0 Å². The zero-order valence-corrected chi connectivity index (χ0v) is 15.9. The molecule has 1 amide bonds. The number of hydrogen-bond acceptors (Lipinski definition) is 4. The molecule has 0 aliphatic rings. The molecule has 0 bridgehead atoms. The van der Waals surface area contributed by atoms with Crippen molar-refractivity contribution in [3.05, 3.63) is 90.0 Å². The highest BCUT2D eigenvalue weighted by Gasteiger charge is 2.11. The van der Waals surface area contributed by atoms with E-state index in [4.69, 9.17) is 4.74 Å². The third-order valence-electron chi connectivity index (χ3n) is 4.45. The number of pyridine rings is 1. The molecule has 2 heterocycles. The Bertz CT molecular complexity index is 1120. The number of rotatable bonds is 6. The van der Waals surface area contributed by atoms with Gasteiger partial charge in [0.2, 0.25) is 0 Å². The summed E-state index contributed by atoms with van der Waals surface area (Å²) >= 11 is 0. The highest BCUT2D eigenvalue weighted by atomic mass is 16.5. The molecule has 0 aliphatic heterocycles. The molecule has 0 unspecified atom stereocenters. The van der Waals surface area contributed by atoms with Gasteiger partial charge in [0.05, 0.1) is 11.0 Å². The molecule has 29 heavy (non-hydrogen) atoms. The van der Waals surface area contributed by atoms with Gasteiger partial charge in [0, 0.05) is 25.0 Å². The van der Waals surface area contributed by atoms with Gasteiger partial charge < -0.3 is 15.0 Å². The third kappa shape index (κ3) is 4.32. The second kappa shape index (κ2) is 8.39. The predicted octanol–water partition coefficient (Wildman–Crippen LogP) is 3.82. The Balaban J connectivity index is 1.50. The molecule has 0 atom stereocenters. The molecule has 2 aromatic heterocycles. The van der Waals surface area contributed by atoms with Crippen molar-refractivity contribution in [2.45, 2.75) is 6.61 Å². The fraction of sp³-hybridized carbons (Fsp3) is 0.0870. The molecule has 0 saturated heterocycles. The number of aromatic nitrogens is 3. The van der Waals surface area contributed by atoms with Crippen molar-refractivity contribution in [3.63, 3.8) is 0 Å². The van der Waals surface area contributed by atoms with Crippen LogP contribution in [-0.4, -0.2) is 27.9 Å². The zero-order valence-electron chi connectivity index (χ0n) is 15.9. The van der Waals surface area contributed by atoms with Gasteiger partial charge in [0.15, 0.2) is 0 Å². The van der Waals surface area contributed by atoms with Crippen molar-refractivity contribution in [3.8, 4) is 5.75 Å². The molecule has 0 aliphatic carbocycles. The molecule has 144 valence electrons. The van der Waals surface area contributed by atoms with Crippen LogP contribution in [-0.2, 0) is 11.4 Å². The lowest BCUT2D eigenvalue weighted by Crippen LogP contribution is -2.19. The first-order chi connectivity index (χ1) is 14.2. The van der Waals surface area contributed by atoms with Crippen LogP contribution in [0.1, 0.15) is 17.0 Å². The second-order valence-electron chi connectivity index (χ2n) is 6.44. The summed E-state index contributed by atoms with van der Waals surface area (Å²) in [6, 6.07) is 19.0. The summed E-state index contributed by atoms with van der Waals surface area (Å²) in [6.45, 7) is 0.335. The fourth-order valence-electron chi connectivity index (χ4n) is 3.00. The Morgan fingerprint density at radius 3 is 2.66 bits per heavy atom. The minimum atomic E-state index is -0.162. The molecule has 0 saturated carbocycles. The van der Waals surface area contributed by atoms with Crippen LogP contribution in [0, 0.1) is 0 Å². The van der Waals surface area contributed by atoms with Crippen molar-refractivity contribution in [2.24, 2.45) is 0 Å². The van der Waals surface area contributed by atoms with Crippen molar-refractivity contribution in [2.75, 3.05) is 7.05 Å². The van der Waals surface area contributed by atoms with E-state index < -0.39 is 0 Å². The number of carbonyl (C=O) groups is 1. The van der Waals surface area contributed by atoms with E-state index >= 15 is 0 Å². The average molecular weight is 384 g/mol. The van der Waals surface area contributed by atoms with E-state index in [2.05, 4.69) is 20.3 Å². The topological polar surface area (TPSA) is 79.9 Å². The summed E-state index contributed by atoms with van der Waals surface area (Å²) in [5, 5.41) is 2.69. The number of benzene rings is 2. The second-order valence-corrected chi connectivity index (χ2v) is 6.44. The average Bonchev–Trinajstić information content (AvgIpc) is 3.20. The molecule has 4 aromatic rings. The van der Waals surface area contributed by atoms with E-state index in [9.17, 15) is 4.79 Å². The molecule has 0 fully saturated rings. The van der Waals surface area contributed by atoms with Crippen LogP contribution in [0.25, 0.3) is 22.7 Å². The van der Waals surface area contributed by atoms with Gasteiger partial charge in [0.25, 0.3) is 5.91 Å². The molecule has 4 rings (SSSR count). The van der Waals surface area contributed by atoms with Crippen molar-refractivity contribution in [1.82, 2.24) is 20.3 Å². The van der Waals surface area contributed by atoms with Crippen LogP contribution in [0.15, 0.2) is 73.1 Å². The highest BCUT2D eigenvalue weighted by Crippen LogP contribution is 2.22. The Kier molecular flexibility index (Phi) is 5.33.